The van der Waals surface area contributed by atoms with Gasteiger partial charge in [0.05, 0.1) is 27.0 Å². The van der Waals surface area contributed by atoms with E-state index in [2.05, 4.69) is 10.00 Å². The van der Waals surface area contributed by atoms with Crippen LogP contribution in [0.25, 0.3) is 16.9 Å². The second kappa shape index (κ2) is 9.87. The molecule has 0 spiro atoms. The standard InChI is InChI=1S/C25H27N3O5/c1-31-20-12-11-17(15-18(20)16-27-13-7-8-14-27)22-21(24(29)32-2)23(25(30)33-3)28(26-22)19-9-5-4-6-10-19/h4-6,9-12,15H,7-8,13-14,16H2,1-3H3. The summed E-state index contributed by atoms with van der Waals surface area (Å²) in [5.74, 6) is -0.575. The molecule has 0 atom stereocenters. The van der Waals surface area contributed by atoms with Crippen LogP contribution in [0.3, 0.4) is 0 Å². The van der Waals surface area contributed by atoms with Crippen LogP contribution in [0.1, 0.15) is 39.3 Å². The summed E-state index contributed by atoms with van der Waals surface area (Å²) in [6.07, 6.45) is 2.36. The summed E-state index contributed by atoms with van der Waals surface area (Å²) in [7, 11) is 4.19. The van der Waals surface area contributed by atoms with Gasteiger partial charge in [0.25, 0.3) is 0 Å². The molecule has 2 aromatic carbocycles. The minimum atomic E-state index is -0.677. The lowest BCUT2D eigenvalue weighted by molar-refractivity contribution is 0.0549. The van der Waals surface area contributed by atoms with Crippen LogP contribution < -0.4 is 4.74 Å². The Bertz CT molecular complexity index is 1150. The number of hydrogen-bond acceptors (Lipinski definition) is 7. The molecule has 1 aliphatic rings. The Hall–Kier alpha value is -3.65. The van der Waals surface area contributed by atoms with E-state index >= 15 is 0 Å². The zero-order valence-corrected chi connectivity index (χ0v) is 19.0. The van der Waals surface area contributed by atoms with Gasteiger partial charge in [-0.1, -0.05) is 18.2 Å². The minimum absolute atomic E-state index is 0.0162. The molecular weight excluding hydrogens is 422 g/mol. The number of ether oxygens (including phenoxy) is 3. The first-order chi connectivity index (χ1) is 16.1. The molecule has 2 heterocycles. The van der Waals surface area contributed by atoms with Crippen molar-refractivity contribution >= 4 is 11.9 Å². The molecule has 172 valence electrons. The molecule has 1 saturated heterocycles. The smallest absolute Gasteiger partial charge is 0.357 e. The molecule has 1 aliphatic heterocycles. The van der Waals surface area contributed by atoms with Crippen LogP contribution in [0.15, 0.2) is 48.5 Å². The van der Waals surface area contributed by atoms with E-state index < -0.39 is 11.9 Å². The lowest BCUT2D eigenvalue weighted by Crippen LogP contribution is -2.18. The number of nitrogens with zero attached hydrogens (tertiary/aromatic N) is 3. The van der Waals surface area contributed by atoms with Gasteiger partial charge in [-0.2, -0.15) is 5.10 Å². The van der Waals surface area contributed by atoms with Gasteiger partial charge in [-0.3, -0.25) is 4.90 Å². The molecule has 0 bridgehead atoms. The molecule has 8 heteroatoms. The van der Waals surface area contributed by atoms with Crippen molar-refractivity contribution in [2.24, 2.45) is 0 Å². The predicted molar refractivity (Wildman–Crippen MR) is 123 cm³/mol. The van der Waals surface area contributed by atoms with Crippen molar-refractivity contribution in [3.8, 4) is 22.7 Å². The molecule has 0 aliphatic carbocycles. The molecule has 33 heavy (non-hydrogen) atoms. The van der Waals surface area contributed by atoms with E-state index in [0.29, 0.717) is 16.9 Å². The first kappa shape index (κ1) is 22.5. The highest BCUT2D eigenvalue weighted by molar-refractivity contribution is 6.06. The predicted octanol–water partition coefficient (Wildman–Crippen LogP) is 3.72. The van der Waals surface area contributed by atoms with E-state index in [1.54, 1.807) is 19.2 Å². The van der Waals surface area contributed by atoms with E-state index in [1.807, 2.05) is 36.4 Å². The van der Waals surface area contributed by atoms with E-state index in [-0.39, 0.29) is 11.3 Å². The minimum Gasteiger partial charge on any atom is -0.496 e. The fourth-order valence-electron chi connectivity index (χ4n) is 4.19. The van der Waals surface area contributed by atoms with Gasteiger partial charge in [0.15, 0.2) is 5.69 Å². The summed E-state index contributed by atoms with van der Waals surface area (Å²) in [5, 5.41) is 4.68. The average Bonchev–Trinajstić information content (AvgIpc) is 3.51. The number of rotatable bonds is 7. The maximum absolute atomic E-state index is 12.9. The third kappa shape index (κ3) is 4.47. The van der Waals surface area contributed by atoms with E-state index in [0.717, 1.165) is 30.9 Å². The van der Waals surface area contributed by atoms with Gasteiger partial charge in [-0.25, -0.2) is 14.3 Å². The lowest BCUT2D eigenvalue weighted by atomic mass is 10.0. The van der Waals surface area contributed by atoms with Crippen LogP contribution in [0.4, 0.5) is 0 Å². The maximum atomic E-state index is 12.9. The summed E-state index contributed by atoms with van der Waals surface area (Å²) < 4.78 is 17.0. The van der Waals surface area contributed by atoms with Crippen LogP contribution >= 0.6 is 0 Å². The quantitative estimate of drug-likeness (QED) is 0.509. The molecule has 0 amide bonds. The second-order valence-electron chi connectivity index (χ2n) is 7.81. The number of hydrogen-bond donors (Lipinski definition) is 0. The number of aromatic nitrogens is 2. The van der Waals surface area contributed by atoms with E-state index in [1.165, 1.54) is 31.7 Å². The topological polar surface area (TPSA) is 82.9 Å². The fraction of sp³-hybridized carbons (Fsp3) is 0.320. The van der Waals surface area contributed by atoms with Crippen LogP contribution in [-0.2, 0) is 16.0 Å². The van der Waals surface area contributed by atoms with Crippen molar-refractivity contribution < 1.29 is 23.8 Å². The number of carbonyl (C=O) groups excluding carboxylic acids is 2. The number of methoxy groups -OCH3 is 3. The van der Waals surface area contributed by atoms with E-state index in [4.69, 9.17) is 14.2 Å². The van der Waals surface area contributed by atoms with Crippen LogP contribution in [0, 0.1) is 0 Å². The summed E-state index contributed by atoms with van der Waals surface area (Å²) in [6, 6.07) is 14.8. The normalized spacial score (nSPS) is 13.7. The number of carbonyl (C=O) groups is 2. The van der Waals surface area contributed by atoms with Crippen molar-refractivity contribution in [1.29, 1.82) is 0 Å². The second-order valence-corrected chi connectivity index (χ2v) is 7.81. The molecule has 0 N–H and O–H groups in total. The van der Waals surface area contributed by atoms with Gasteiger partial charge in [0, 0.05) is 17.7 Å². The monoisotopic (exact) mass is 449 g/mol. The molecular formula is C25H27N3O5. The fourth-order valence-corrected chi connectivity index (χ4v) is 4.19. The van der Waals surface area contributed by atoms with Gasteiger partial charge in [0.1, 0.15) is 17.0 Å². The Morgan fingerprint density at radius 3 is 2.27 bits per heavy atom. The molecule has 1 fully saturated rings. The largest absolute Gasteiger partial charge is 0.496 e. The van der Waals surface area contributed by atoms with Gasteiger partial charge in [0.2, 0.25) is 0 Å². The Labute approximate surface area is 192 Å². The van der Waals surface area contributed by atoms with E-state index in [9.17, 15) is 9.59 Å². The van der Waals surface area contributed by atoms with Gasteiger partial charge in [-0.15, -0.1) is 0 Å². The summed E-state index contributed by atoms with van der Waals surface area (Å²) >= 11 is 0. The molecule has 0 unspecified atom stereocenters. The number of likely N-dealkylation sites (tertiary alicyclic amines) is 1. The molecule has 0 saturated carbocycles. The highest BCUT2D eigenvalue weighted by Crippen LogP contribution is 2.33. The molecule has 8 nitrogen and oxygen atoms in total. The van der Waals surface area contributed by atoms with Gasteiger partial charge < -0.3 is 14.2 Å². The highest BCUT2D eigenvalue weighted by Gasteiger charge is 2.31. The SMILES string of the molecule is COC(=O)c1c(-c2ccc(OC)c(CN3CCCC3)c2)nn(-c2ccccc2)c1C(=O)OC. The highest BCUT2D eigenvalue weighted by atomic mass is 16.5. The zero-order valence-electron chi connectivity index (χ0n) is 19.0. The van der Waals surface area contributed by atoms with Gasteiger partial charge >= 0.3 is 11.9 Å². The van der Waals surface area contributed by atoms with Gasteiger partial charge in [-0.05, 0) is 56.3 Å². The number of esters is 2. The molecule has 3 aromatic rings. The molecule has 4 rings (SSSR count). The Morgan fingerprint density at radius 1 is 0.939 bits per heavy atom. The number of benzene rings is 2. The third-order valence-corrected chi connectivity index (χ3v) is 5.80. The van der Waals surface area contributed by atoms with Crippen LogP contribution in [-0.4, -0.2) is 61.0 Å². The molecule has 0 radical (unpaired) electrons. The van der Waals surface area contributed by atoms with Crippen LogP contribution in [0.5, 0.6) is 5.75 Å². The van der Waals surface area contributed by atoms with Crippen LogP contribution in [0.2, 0.25) is 0 Å². The van der Waals surface area contributed by atoms with Crippen molar-refractivity contribution in [2.75, 3.05) is 34.4 Å². The van der Waals surface area contributed by atoms with Crippen molar-refractivity contribution in [3.63, 3.8) is 0 Å². The zero-order chi connectivity index (χ0) is 23.4. The third-order valence-electron chi connectivity index (χ3n) is 5.80. The summed E-state index contributed by atoms with van der Waals surface area (Å²) in [4.78, 5) is 28.0. The van der Waals surface area contributed by atoms with Crippen molar-refractivity contribution in [2.45, 2.75) is 19.4 Å². The first-order valence-electron chi connectivity index (χ1n) is 10.8. The first-order valence-corrected chi connectivity index (χ1v) is 10.8. The lowest BCUT2D eigenvalue weighted by Gasteiger charge is -2.17. The average molecular weight is 450 g/mol. The van der Waals surface area contributed by atoms with Crippen molar-refractivity contribution in [3.05, 3.63) is 65.4 Å². The van der Waals surface area contributed by atoms with Crippen molar-refractivity contribution in [1.82, 2.24) is 14.7 Å². The summed E-state index contributed by atoms with van der Waals surface area (Å²) in [5.41, 5.74) is 2.72. The maximum Gasteiger partial charge on any atom is 0.357 e. The Morgan fingerprint density at radius 2 is 1.64 bits per heavy atom. The Kier molecular flexibility index (Phi) is 6.74. The Balaban J connectivity index is 1.90. The summed E-state index contributed by atoms with van der Waals surface area (Å²) in [6.45, 7) is 2.81. The number of para-hydroxylation sites is 1. The molecule has 1 aromatic heterocycles.